The van der Waals surface area contributed by atoms with E-state index in [-0.39, 0.29) is 18.1 Å². The minimum Gasteiger partial charge on any atom is -0.341 e. The highest BCUT2D eigenvalue weighted by atomic mass is 16.2. The smallest absolute Gasteiger partial charge is 0.230 e. The van der Waals surface area contributed by atoms with Crippen molar-refractivity contribution in [2.45, 2.75) is 39.0 Å². The van der Waals surface area contributed by atoms with E-state index in [1.165, 1.54) is 12.8 Å². The first-order chi connectivity index (χ1) is 6.65. The number of piperidine rings is 1. The summed E-state index contributed by atoms with van der Waals surface area (Å²) in [5, 5.41) is 0. The van der Waals surface area contributed by atoms with Crippen LogP contribution in [0.1, 0.15) is 39.0 Å². The van der Waals surface area contributed by atoms with E-state index >= 15 is 0 Å². The molecule has 1 saturated heterocycles. The quantitative estimate of drug-likeness (QED) is 0.638. The molecule has 3 nitrogen and oxygen atoms in total. The molecule has 0 unspecified atom stereocenters. The molecule has 1 amide bonds. The van der Waals surface area contributed by atoms with Gasteiger partial charge in [-0.25, -0.2) is 0 Å². The van der Waals surface area contributed by atoms with Crippen molar-refractivity contribution in [3.63, 3.8) is 0 Å². The van der Waals surface area contributed by atoms with Crippen LogP contribution in [0, 0.1) is 5.41 Å². The van der Waals surface area contributed by atoms with E-state index in [1.807, 2.05) is 4.90 Å². The fourth-order valence-corrected chi connectivity index (χ4v) is 2.13. The number of ketones is 1. The minimum absolute atomic E-state index is 0.0426. The molecule has 0 aromatic heterocycles. The molecule has 0 spiro atoms. The molecule has 1 aliphatic heterocycles. The van der Waals surface area contributed by atoms with Crippen molar-refractivity contribution < 1.29 is 9.59 Å². The minimum atomic E-state index is 0.0426. The van der Waals surface area contributed by atoms with Gasteiger partial charge in [-0.3, -0.25) is 9.59 Å². The zero-order chi connectivity index (χ0) is 10.2. The average Bonchev–Trinajstić information content (AvgIpc) is 2.91. The number of hydrogen-bond donors (Lipinski definition) is 0. The highest BCUT2D eigenvalue weighted by Crippen LogP contribution is 2.49. The summed E-state index contributed by atoms with van der Waals surface area (Å²) in [7, 11) is 0. The lowest BCUT2D eigenvalue weighted by Gasteiger charge is -2.29. The van der Waals surface area contributed by atoms with Gasteiger partial charge in [0.05, 0.1) is 6.42 Å². The molecule has 1 saturated carbocycles. The fraction of sp³-hybridized carbons (Fsp3) is 0.818. The summed E-state index contributed by atoms with van der Waals surface area (Å²) in [6.45, 7) is 3.72. The molecule has 2 aliphatic rings. The number of amides is 1. The lowest BCUT2D eigenvalue weighted by molar-refractivity contribution is -0.140. The molecule has 0 aromatic carbocycles. The predicted molar refractivity (Wildman–Crippen MR) is 52.8 cm³/mol. The Morgan fingerprint density at radius 1 is 1.36 bits per heavy atom. The molecule has 2 rings (SSSR count). The van der Waals surface area contributed by atoms with Crippen LogP contribution in [0.5, 0.6) is 0 Å². The number of carbonyl (C=O) groups is 2. The van der Waals surface area contributed by atoms with Gasteiger partial charge in [0.15, 0.2) is 0 Å². The van der Waals surface area contributed by atoms with Gasteiger partial charge in [-0.15, -0.1) is 0 Å². The number of carbonyl (C=O) groups excluding carboxylic acids is 2. The molecular formula is C11H17NO2. The fourth-order valence-electron chi connectivity index (χ4n) is 2.13. The standard InChI is InChI=1S/C11H17NO2/c1-2-11(4-5-11)8-12-6-3-9(13)7-10(12)14/h2-8H2,1H3. The number of likely N-dealkylation sites (tertiary alicyclic amines) is 1. The Labute approximate surface area is 84.5 Å². The molecular weight excluding hydrogens is 178 g/mol. The third-order valence-electron chi connectivity index (χ3n) is 3.60. The second-order valence-electron chi connectivity index (χ2n) is 4.63. The Bertz CT molecular complexity index is 268. The van der Waals surface area contributed by atoms with Crippen LogP contribution in [0.25, 0.3) is 0 Å². The Kier molecular flexibility index (Phi) is 2.33. The highest BCUT2D eigenvalue weighted by molar-refractivity contribution is 6.00. The normalized spacial score (nSPS) is 25.4. The second-order valence-corrected chi connectivity index (χ2v) is 4.63. The summed E-state index contributed by atoms with van der Waals surface area (Å²) in [6, 6.07) is 0. The van der Waals surface area contributed by atoms with Crippen LogP contribution in [0.4, 0.5) is 0 Å². The van der Waals surface area contributed by atoms with E-state index in [9.17, 15) is 9.59 Å². The first-order valence-corrected chi connectivity index (χ1v) is 5.45. The van der Waals surface area contributed by atoms with E-state index < -0.39 is 0 Å². The molecule has 1 aliphatic carbocycles. The van der Waals surface area contributed by atoms with E-state index in [2.05, 4.69) is 6.92 Å². The van der Waals surface area contributed by atoms with Gasteiger partial charge < -0.3 is 4.90 Å². The summed E-state index contributed by atoms with van der Waals surface area (Å²) in [4.78, 5) is 24.4. The molecule has 1 heterocycles. The first kappa shape index (κ1) is 9.69. The Hall–Kier alpha value is -0.860. The molecule has 0 N–H and O–H groups in total. The molecule has 0 bridgehead atoms. The van der Waals surface area contributed by atoms with E-state index in [1.54, 1.807) is 0 Å². The molecule has 78 valence electrons. The van der Waals surface area contributed by atoms with Crippen LogP contribution in [-0.2, 0) is 9.59 Å². The SMILES string of the molecule is CCC1(CN2CCC(=O)CC2=O)CC1. The zero-order valence-electron chi connectivity index (χ0n) is 8.71. The van der Waals surface area contributed by atoms with Crippen molar-refractivity contribution >= 4 is 11.7 Å². The van der Waals surface area contributed by atoms with Crippen molar-refractivity contribution in [2.24, 2.45) is 5.41 Å². The number of rotatable bonds is 3. The lowest BCUT2D eigenvalue weighted by Crippen LogP contribution is -2.42. The molecule has 3 heteroatoms. The first-order valence-electron chi connectivity index (χ1n) is 5.45. The van der Waals surface area contributed by atoms with Crippen LogP contribution in [0.15, 0.2) is 0 Å². The monoisotopic (exact) mass is 195 g/mol. The van der Waals surface area contributed by atoms with Crippen molar-refractivity contribution in [3.05, 3.63) is 0 Å². The van der Waals surface area contributed by atoms with Crippen LogP contribution in [0.2, 0.25) is 0 Å². The summed E-state index contributed by atoms with van der Waals surface area (Å²) < 4.78 is 0. The number of nitrogens with zero attached hydrogens (tertiary/aromatic N) is 1. The van der Waals surface area contributed by atoms with Crippen LogP contribution in [0.3, 0.4) is 0 Å². The van der Waals surface area contributed by atoms with Gasteiger partial charge in [0, 0.05) is 19.5 Å². The molecule has 14 heavy (non-hydrogen) atoms. The maximum Gasteiger partial charge on any atom is 0.230 e. The van der Waals surface area contributed by atoms with Crippen molar-refractivity contribution in [2.75, 3.05) is 13.1 Å². The largest absolute Gasteiger partial charge is 0.341 e. The zero-order valence-corrected chi connectivity index (χ0v) is 8.71. The van der Waals surface area contributed by atoms with Crippen LogP contribution >= 0.6 is 0 Å². The maximum atomic E-state index is 11.5. The molecule has 0 radical (unpaired) electrons. The summed E-state index contributed by atoms with van der Waals surface area (Å²) in [5.41, 5.74) is 0.413. The third-order valence-corrected chi connectivity index (χ3v) is 3.60. The van der Waals surface area contributed by atoms with E-state index in [0.29, 0.717) is 18.4 Å². The third kappa shape index (κ3) is 1.81. The molecule has 0 aromatic rings. The average molecular weight is 195 g/mol. The Balaban J connectivity index is 1.92. The molecule has 0 atom stereocenters. The van der Waals surface area contributed by atoms with Crippen molar-refractivity contribution in [3.8, 4) is 0 Å². The van der Waals surface area contributed by atoms with Gasteiger partial charge in [-0.05, 0) is 24.7 Å². The number of hydrogen-bond acceptors (Lipinski definition) is 2. The molecule has 2 fully saturated rings. The summed E-state index contributed by atoms with van der Waals surface area (Å²) >= 11 is 0. The lowest BCUT2D eigenvalue weighted by atomic mass is 10.0. The van der Waals surface area contributed by atoms with Crippen LogP contribution < -0.4 is 0 Å². The van der Waals surface area contributed by atoms with Gasteiger partial charge in [0.2, 0.25) is 5.91 Å². The topological polar surface area (TPSA) is 37.4 Å². The van der Waals surface area contributed by atoms with E-state index in [4.69, 9.17) is 0 Å². The second kappa shape index (κ2) is 3.37. The van der Waals surface area contributed by atoms with Gasteiger partial charge in [0.25, 0.3) is 0 Å². The highest BCUT2D eigenvalue weighted by Gasteiger charge is 2.43. The number of Topliss-reactive ketones (excluding diaryl/α,β-unsaturated/α-hetero) is 1. The predicted octanol–water partition coefficient (Wildman–Crippen LogP) is 1.37. The van der Waals surface area contributed by atoms with Gasteiger partial charge >= 0.3 is 0 Å². The van der Waals surface area contributed by atoms with Gasteiger partial charge in [0.1, 0.15) is 5.78 Å². The Morgan fingerprint density at radius 3 is 2.57 bits per heavy atom. The summed E-state index contributed by atoms with van der Waals surface area (Å²) in [5.74, 6) is 0.147. The summed E-state index contributed by atoms with van der Waals surface area (Å²) in [6.07, 6.45) is 4.36. The van der Waals surface area contributed by atoms with Crippen molar-refractivity contribution in [1.29, 1.82) is 0 Å². The van der Waals surface area contributed by atoms with Crippen LogP contribution in [-0.4, -0.2) is 29.7 Å². The maximum absolute atomic E-state index is 11.5. The van der Waals surface area contributed by atoms with Gasteiger partial charge in [-0.2, -0.15) is 0 Å². The Morgan fingerprint density at radius 2 is 2.07 bits per heavy atom. The van der Waals surface area contributed by atoms with E-state index in [0.717, 1.165) is 13.0 Å². The van der Waals surface area contributed by atoms with Gasteiger partial charge in [-0.1, -0.05) is 6.92 Å². The van der Waals surface area contributed by atoms with Crippen molar-refractivity contribution in [1.82, 2.24) is 4.90 Å².